The zero-order valence-electron chi connectivity index (χ0n) is 9.84. The first kappa shape index (κ1) is 12.4. The molecule has 0 atom stereocenters. The molecule has 16 heavy (non-hydrogen) atoms. The van der Waals surface area contributed by atoms with Gasteiger partial charge in [0, 0.05) is 18.8 Å². The van der Waals surface area contributed by atoms with Crippen molar-refractivity contribution >= 4 is 11.8 Å². The third kappa shape index (κ3) is 3.49. The molecule has 88 valence electrons. The molecule has 0 radical (unpaired) electrons. The van der Waals surface area contributed by atoms with Gasteiger partial charge in [0.2, 0.25) is 0 Å². The van der Waals surface area contributed by atoms with Gasteiger partial charge in [0.05, 0.1) is 6.42 Å². The van der Waals surface area contributed by atoms with Crippen LogP contribution in [0.5, 0.6) is 0 Å². The molecule has 0 saturated carbocycles. The molecule has 0 spiro atoms. The molecule has 0 saturated heterocycles. The highest BCUT2D eigenvalue weighted by Crippen LogP contribution is 2.13. The van der Waals surface area contributed by atoms with Crippen LogP contribution >= 0.6 is 0 Å². The summed E-state index contributed by atoms with van der Waals surface area (Å²) in [7, 11) is 0. The first-order chi connectivity index (χ1) is 7.50. The van der Waals surface area contributed by atoms with E-state index in [-0.39, 0.29) is 12.5 Å². The first-order valence-electron chi connectivity index (χ1n) is 5.29. The monoisotopic (exact) mass is 223 g/mol. The molecular formula is C11H17N3O2. The van der Waals surface area contributed by atoms with Gasteiger partial charge in [-0.1, -0.05) is 0 Å². The Labute approximate surface area is 95.1 Å². The van der Waals surface area contributed by atoms with E-state index in [1.807, 2.05) is 25.7 Å². The van der Waals surface area contributed by atoms with Crippen LogP contribution in [-0.4, -0.2) is 33.6 Å². The Balaban J connectivity index is 2.81. The van der Waals surface area contributed by atoms with Crippen LogP contribution in [0.15, 0.2) is 12.3 Å². The van der Waals surface area contributed by atoms with Gasteiger partial charge in [-0.15, -0.1) is 0 Å². The third-order valence-electron chi connectivity index (χ3n) is 2.25. The van der Waals surface area contributed by atoms with Crippen LogP contribution in [0.4, 0.5) is 5.82 Å². The molecular weight excluding hydrogens is 206 g/mol. The quantitative estimate of drug-likeness (QED) is 0.818. The highest BCUT2D eigenvalue weighted by atomic mass is 16.4. The van der Waals surface area contributed by atoms with Crippen LogP contribution in [0.2, 0.25) is 0 Å². The number of hydrogen-bond acceptors (Lipinski definition) is 4. The second kappa shape index (κ2) is 5.44. The lowest BCUT2D eigenvalue weighted by atomic mass is 10.3. The maximum Gasteiger partial charge on any atom is 0.305 e. The normalized spacial score (nSPS) is 10.5. The Morgan fingerprint density at radius 1 is 1.56 bits per heavy atom. The van der Waals surface area contributed by atoms with E-state index in [1.54, 1.807) is 12.3 Å². The average Bonchev–Trinajstić information content (AvgIpc) is 2.17. The number of carboxylic acids is 1. The molecule has 0 fully saturated rings. The number of carbonyl (C=O) groups is 1. The number of aliphatic carboxylic acids is 1. The third-order valence-corrected chi connectivity index (χ3v) is 2.25. The van der Waals surface area contributed by atoms with Crippen LogP contribution in [0.3, 0.4) is 0 Å². The Morgan fingerprint density at radius 3 is 2.75 bits per heavy atom. The lowest BCUT2D eigenvalue weighted by molar-refractivity contribution is -0.136. The Hall–Kier alpha value is -1.65. The predicted octanol–water partition coefficient (Wildman–Crippen LogP) is 1.47. The largest absolute Gasteiger partial charge is 0.481 e. The second-order valence-corrected chi connectivity index (χ2v) is 3.89. The summed E-state index contributed by atoms with van der Waals surface area (Å²) in [5.41, 5.74) is 0. The number of nitrogens with zero attached hydrogens (tertiary/aromatic N) is 3. The minimum absolute atomic E-state index is 0.112. The van der Waals surface area contributed by atoms with Crippen molar-refractivity contribution in [3.05, 3.63) is 18.1 Å². The minimum Gasteiger partial charge on any atom is -0.481 e. The number of anilines is 1. The molecule has 5 nitrogen and oxygen atoms in total. The molecule has 0 unspecified atom stereocenters. The van der Waals surface area contributed by atoms with Gasteiger partial charge in [0.15, 0.2) is 0 Å². The molecule has 0 amide bonds. The van der Waals surface area contributed by atoms with E-state index in [4.69, 9.17) is 5.11 Å². The highest BCUT2D eigenvalue weighted by molar-refractivity contribution is 5.67. The molecule has 1 heterocycles. The van der Waals surface area contributed by atoms with Gasteiger partial charge in [-0.05, 0) is 26.8 Å². The van der Waals surface area contributed by atoms with Crippen molar-refractivity contribution in [2.75, 3.05) is 11.4 Å². The van der Waals surface area contributed by atoms with Crippen molar-refractivity contribution in [2.24, 2.45) is 0 Å². The number of hydrogen-bond donors (Lipinski definition) is 1. The van der Waals surface area contributed by atoms with E-state index in [0.717, 1.165) is 5.82 Å². The number of aromatic nitrogens is 2. The lowest BCUT2D eigenvalue weighted by Crippen LogP contribution is -2.33. The van der Waals surface area contributed by atoms with Crippen LogP contribution in [-0.2, 0) is 4.79 Å². The Morgan fingerprint density at radius 2 is 2.25 bits per heavy atom. The molecule has 5 heteroatoms. The van der Waals surface area contributed by atoms with Gasteiger partial charge in [0.1, 0.15) is 11.6 Å². The molecule has 0 bridgehead atoms. The van der Waals surface area contributed by atoms with Crippen molar-refractivity contribution in [3.8, 4) is 0 Å². The van der Waals surface area contributed by atoms with Crippen LogP contribution in [0.25, 0.3) is 0 Å². The highest BCUT2D eigenvalue weighted by Gasteiger charge is 2.13. The van der Waals surface area contributed by atoms with E-state index in [0.29, 0.717) is 12.4 Å². The van der Waals surface area contributed by atoms with Crippen molar-refractivity contribution in [3.63, 3.8) is 0 Å². The topological polar surface area (TPSA) is 66.3 Å². The van der Waals surface area contributed by atoms with E-state index in [9.17, 15) is 4.79 Å². The molecule has 1 aromatic heterocycles. The molecule has 0 aliphatic heterocycles. The van der Waals surface area contributed by atoms with E-state index in [1.165, 1.54) is 0 Å². The molecule has 1 rings (SSSR count). The number of rotatable bonds is 5. The summed E-state index contributed by atoms with van der Waals surface area (Å²) in [6, 6.07) is 2.02. The van der Waals surface area contributed by atoms with E-state index < -0.39 is 5.97 Å². The fourth-order valence-electron chi connectivity index (χ4n) is 1.46. The smallest absolute Gasteiger partial charge is 0.305 e. The van der Waals surface area contributed by atoms with Gasteiger partial charge in [-0.3, -0.25) is 4.79 Å². The van der Waals surface area contributed by atoms with Crippen LogP contribution in [0, 0.1) is 6.92 Å². The summed E-state index contributed by atoms with van der Waals surface area (Å²) in [5.74, 6) is 0.679. The zero-order chi connectivity index (χ0) is 12.1. The fourth-order valence-corrected chi connectivity index (χ4v) is 1.46. The van der Waals surface area contributed by atoms with Crippen molar-refractivity contribution in [1.29, 1.82) is 0 Å². The van der Waals surface area contributed by atoms with Gasteiger partial charge >= 0.3 is 5.97 Å². The average molecular weight is 223 g/mol. The van der Waals surface area contributed by atoms with Gasteiger partial charge < -0.3 is 10.0 Å². The summed E-state index contributed by atoms with van der Waals surface area (Å²) >= 11 is 0. The standard InChI is InChI=1S/C11H17N3O2/c1-8(2)14(7-5-11(15)16)10-4-6-12-9(3)13-10/h4,6,8H,5,7H2,1-3H3,(H,15,16). The van der Waals surface area contributed by atoms with Gasteiger partial charge in [-0.25, -0.2) is 9.97 Å². The number of aryl methyl sites for hydroxylation is 1. The Kier molecular flexibility index (Phi) is 4.22. The maximum atomic E-state index is 10.6. The minimum atomic E-state index is -0.795. The van der Waals surface area contributed by atoms with Gasteiger partial charge in [-0.2, -0.15) is 0 Å². The Bertz CT molecular complexity index is 366. The van der Waals surface area contributed by atoms with E-state index in [2.05, 4.69) is 9.97 Å². The molecule has 0 aromatic carbocycles. The second-order valence-electron chi connectivity index (χ2n) is 3.89. The molecule has 1 aromatic rings. The molecule has 0 aliphatic carbocycles. The van der Waals surface area contributed by atoms with Crippen molar-refractivity contribution in [1.82, 2.24) is 9.97 Å². The molecule has 1 N–H and O–H groups in total. The lowest BCUT2D eigenvalue weighted by Gasteiger charge is -2.27. The molecule has 0 aliphatic rings. The zero-order valence-corrected chi connectivity index (χ0v) is 9.84. The van der Waals surface area contributed by atoms with Crippen LogP contribution < -0.4 is 4.90 Å². The number of carboxylic acid groups (broad SMARTS) is 1. The summed E-state index contributed by atoms with van der Waals surface area (Å²) in [6.45, 7) is 6.31. The van der Waals surface area contributed by atoms with Gasteiger partial charge in [0.25, 0.3) is 0 Å². The van der Waals surface area contributed by atoms with Crippen LogP contribution in [0.1, 0.15) is 26.1 Å². The summed E-state index contributed by atoms with van der Waals surface area (Å²) in [6.07, 6.45) is 1.80. The summed E-state index contributed by atoms with van der Waals surface area (Å²) < 4.78 is 0. The predicted molar refractivity (Wildman–Crippen MR) is 61.5 cm³/mol. The SMILES string of the molecule is Cc1nccc(N(CCC(=O)O)C(C)C)n1. The summed E-state index contributed by atoms with van der Waals surface area (Å²) in [4.78, 5) is 20.8. The maximum absolute atomic E-state index is 10.6. The van der Waals surface area contributed by atoms with Crippen molar-refractivity contribution in [2.45, 2.75) is 33.2 Å². The van der Waals surface area contributed by atoms with Crippen molar-refractivity contribution < 1.29 is 9.90 Å². The van der Waals surface area contributed by atoms with E-state index >= 15 is 0 Å². The summed E-state index contributed by atoms with van der Waals surface area (Å²) in [5, 5.41) is 8.69. The first-order valence-corrected chi connectivity index (χ1v) is 5.29. The fraction of sp³-hybridized carbons (Fsp3) is 0.545.